The lowest BCUT2D eigenvalue weighted by Gasteiger charge is -2.36. The van der Waals surface area contributed by atoms with E-state index in [2.05, 4.69) is 17.1 Å². The summed E-state index contributed by atoms with van der Waals surface area (Å²) < 4.78 is 27.2. The maximum Gasteiger partial charge on any atom is 0.244 e. The van der Waals surface area contributed by atoms with Crippen molar-refractivity contribution in [3.05, 3.63) is 15.8 Å². The lowest BCUT2D eigenvalue weighted by Crippen LogP contribution is -2.51. The molecule has 1 saturated heterocycles. The molecule has 114 valence electrons. The van der Waals surface area contributed by atoms with Crippen molar-refractivity contribution in [3.63, 3.8) is 0 Å². The van der Waals surface area contributed by atoms with Crippen LogP contribution in [0.25, 0.3) is 0 Å². The summed E-state index contributed by atoms with van der Waals surface area (Å²) in [6, 6.07) is 2.07. The van der Waals surface area contributed by atoms with Gasteiger partial charge in [-0.1, -0.05) is 0 Å². The van der Waals surface area contributed by atoms with Crippen LogP contribution < -0.4 is 5.32 Å². The zero-order valence-electron chi connectivity index (χ0n) is 12.5. The van der Waals surface area contributed by atoms with E-state index in [1.54, 1.807) is 15.6 Å². The fraction of sp³-hybridized carbons (Fsp3) is 0.692. The Morgan fingerprint density at radius 1 is 1.45 bits per heavy atom. The topological polar surface area (TPSA) is 52.7 Å². The third-order valence-electron chi connectivity index (χ3n) is 3.81. The highest BCUT2D eigenvalue weighted by Gasteiger charge is 2.32. The first-order chi connectivity index (χ1) is 9.36. The van der Waals surface area contributed by atoms with Crippen LogP contribution in [0.5, 0.6) is 0 Å². The molecule has 0 aliphatic carbocycles. The summed E-state index contributed by atoms with van der Waals surface area (Å²) in [5, 5.41) is 3.06. The predicted octanol–water partition coefficient (Wildman–Crippen LogP) is 1.10. The van der Waals surface area contributed by atoms with Gasteiger partial charge in [0.25, 0.3) is 0 Å². The normalized spacial score (nSPS) is 22.3. The van der Waals surface area contributed by atoms with Gasteiger partial charge in [-0.2, -0.15) is 4.31 Å². The average molecular weight is 317 g/mol. The number of hydrogen-bond donors (Lipinski definition) is 1. The Labute approximate surface area is 125 Å². The highest BCUT2D eigenvalue weighted by atomic mass is 32.2. The second-order valence-electron chi connectivity index (χ2n) is 5.36. The molecule has 0 saturated carbocycles. The van der Waals surface area contributed by atoms with E-state index in [0.29, 0.717) is 24.5 Å². The van der Waals surface area contributed by atoms with Gasteiger partial charge in [0, 0.05) is 42.0 Å². The monoisotopic (exact) mass is 317 g/mol. The van der Waals surface area contributed by atoms with E-state index in [1.807, 2.05) is 27.1 Å². The number of thiophene rings is 1. The molecular formula is C13H23N3O2S2. The molecule has 0 radical (unpaired) electrons. The standard InChI is InChI=1S/C13H23N3O2S2/c1-10-9-16(6-5-15(10)4)20(17,18)13-7-12(8-14-3)19-11(13)2/h7,10,14H,5-6,8-9H2,1-4H3. The Hall–Kier alpha value is -0.470. The summed E-state index contributed by atoms with van der Waals surface area (Å²) >= 11 is 1.55. The highest BCUT2D eigenvalue weighted by molar-refractivity contribution is 7.89. The van der Waals surface area contributed by atoms with E-state index >= 15 is 0 Å². The molecule has 1 atom stereocenters. The minimum absolute atomic E-state index is 0.259. The summed E-state index contributed by atoms with van der Waals surface area (Å²) in [6.07, 6.45) is 0. The van der Waals surface area contributed by atoms with Crippen molar-refractivity contribution in [1.82, 2.24) is 14.5 Å². The van der Waals surface area contributed by atoms with Gasteiger partial charge in [-0.3, -0.25) is 0 Å². The number of sulfonamides is 1. The van der Waals surface area contributed by atoms with Crippen LogP contribution in [0, 0.1) is 6.92 Å². The van der Waals surface area contributed by atoms with Crippen molar-refractivity contribution in [2.24, 2.45) is 0 Å². The number of nitrogens with zero attached hydrogens (tertiary/aromatic N) is 2. The molecule has 1 N–H and O–H groups in total. The molecule has 0 spiro atoms. The molecule has 5 nitrogen and oxygen atoms in total. The van der Waals surface area contributed by atoms with Gasteiger partial charge >= 0.3 is 0 Å². The molecule has 1 aliphatic rings. The van der Waals surface area contributed by atoms with Crippen molar-refractivity contribution in [2.45, 2.75) is 31.3 Å². The molecule has 1 aromatic heterocycles. The Morgan fingerprint density at radius 3 is 2.75 bits per heavy atom. The van der Waals surface area contributed by atoms with Gasteiger partial charge in [0.05, 0.1) is 4.90 Å². The van der Waals surface area contributed by atoms with Crippen molar-refractivity contribution in [2.75, 3.05) is 33.7 Å². The van der Waals surface area contributed by atoms with Crippen LogP contribution >= 0.6 is 11.3 Å². The lowest BCUT2D eigenvalue weighted by atomic mass is 10.2. The van der Waals surface area contributed by atoms with Crippen LogP contribution in [0.15, 0.2) is 11.0 Å². The van der Waals surface area contributed by atoms with Crippen LogP contribution in [-0.4, -0.2) is 57.4 Å². The average Bonchev–Trinajstić information content (AvgIpc) is 2.75. The van der Waals surface area contributed by atoms with Gasteiger partial charge in [-0.25, -0.2) is 8.42 Å². The zero-order valence-corrected chi connectivity index (χ0v) is 14.1. The molecule has 0 aromatic carbocycles. The smallest absolute Gasteiger partial charge is 0.244 e. The minimum atomic E-state index is -3.36. The zero-order chi connectivity index (χ0) is 14.9. The minimum Gasteiger partial charge on any atom is -0.315 e. The van der Waals surface area contributed by atoms with Crippen LogP contribution in [0.1, 0.15) is 16.7 Å². The molecule has 2 heterocycles. The van der Waals surface area contributed by atoms with Gasteiger partial charge < -0.3 is 10.2 Å². The molecule has 20 heavy (non-hydrogen) atoms. The first kappa shape index (κ1) is 15.9. The maximum absolute atomic E-state index is 12.8. The molecule has 0 amide bonds. The van der Waals surface area contributed by atoms with Crippen LogP contribution in [0.2, 0.25) is 0 Å². The molecule has 1 aromatic rings. The first-order valence-electron chi connectivity index (χ1n) is 6.80. The Kier molecular flexibility index (Phi) is 4.86. The molecule has 7 heteroatoms. The third-order valence-corrected chi connectivity index (χ3v) is 6.99. The number of rotatable bonds is 4. The number of hydrogen-bond acceptors (Lipinski definition) is 5. The lowest BCUT2D eigenvalue weighted by molar-refractivity contribution is 0.159. The van der Waals surface area contributed by atoms with Gasteiger partial charge in [-0.05, 0) is 34.0 Å². The van der Waals surface area contributed by atoms with Crippen molar-refractivity contribution in [3.8, 4) is 0 Å². The van der Waals surface area contributed by atoms with Gasteiger partial charge in [0.2, 0.25) is 10.0 Å². The van der Waals surface area contributed by atoms with E-state index in [4.69, 9.17) is 0 Å². The van der Waals surface area contributed by atoms with Crippen LogP contribution in [0.4, 0.5) is 0 Å². The largest absolute Gasteiger partial charge is 0.315 e. The predicted molar refractivity (Wildman–Crippen MR) is 82.7 cm³/mol. The van der Waals surface area contributed by atoms with E-state index < -0.39 is 10.0 Å². The number of piperazine rings is 1. The molecule has 2 rings (SSSR count). The van der Waals surface area contributed by atoms with Gasteiger partial charge in [-0.15, -0.1) is 11.3 Å². The quantitative estimate of drug-likeness (QED) is 0.903. The summed E-state index contributed by atoms with van der Waals surface area (Å²) in [7, 11) is 0.546. The maximum atomic E-state index is 12.8. The summed E-state index contributed by atoms with van der Waals surface area (Å²) in [5.41, 5.74) is 0. The number of nitrogens with one attached hydrogen (secondary N) is 1. The van der Waals surface area contributed by atoms with Gasteiger partial charge in [0.15, 0.2) is 0 Å². The van der Waals surface area contributed by atoms with Crippen molar-refractivity contribution < 1.29 is 8.42 Å². The molecule has 1 fully saturated rings. The van der Waals surface area contributed by atoms with E-state index in [0.717, 1.165) is 16.3 Å². The Morgan fingerprint density at radius 2 is 2.15 bits per heavy atom. The molecule has 0 bridgehead atoms. The highest BCUT2D eigenvalue weighted by Crippen LogP contribution is 2.29. The SMILES string of the molecule is CNCc1cc(S(=O)(=O)N2CCN(C)C(C)C2)c(C)s1. The Bertz CT molecular complexity index is 568. The fourth-order valence-corrected chi connectivity index (χ4v) is 5.54. The van der Waals surface area contributed by atoms with Crippen molar-refractivity contribution >= 4 is 21.4 Å². The van der Waals surface area contributed by atoms with E-state index in [-0.39, 0.29) is 6.04 Å². The second-order valence-corrected chi connectivity index (χ2v) is 8.60. The number of likely N-dealkylation sites (N-methyl/N-ethyl adjacent to an activating group) is 1. The van der Waals surface area contributed by atoms with Gasteiger partial charge in [0.1, 0.15) is 0 Å². The molecular weight excluding hydrogens is 294 g/mol. The van der Waals surface area contributed by atoms with Crippen molar-refractivity contribution in [1.29, 1.82) is 0 Å². The van der Waals surface area contributed by atoms with Crippen LogP contribution in [0.3, 0.4) is 0 Å². The summed E-state index contributed by atoms with van der Waals surface area (Å²) in [4.78, 5) is 4.61. The Balaban J connectivity index is 2.26. The van der Waals surface area contributed by atoms with E-state index in [1.165, 1.54) is 0 Å². The second kappa shape index (κ2) is 6.11. The molecule has 1 aliphatic heterocycles. The molecule has 1 unspecified atom stereocenters. The first-order valence-corrected chi connectivity index (χ1v) is 9.06. The number of aryl methyl sites for hydroxylation is 1. The summed E-state index contributed by atoms with van der Waals surface area (Å²) in [6.45, 7) is 6.58. The summed E-state index contributed by atoms with van der Waals surface area (Å²) in [5.74, 6) is 0. The fourth-order valence-electron chi connectivity index (χ4n) is 2.41. The van der Waals surface area contributed by atoms with Crippen LogP contribution in [-0.2, 0) is 16.6 Å². The third kappa shape index (κ3) is 3.07. The van der Waals surface area contributed by atoms with E-state index in [9.17, 15) is 8.42 Å².